The van der Waals surface area contributed by atoms with Gasteiger partial charge in [-0.15, -0.1) is 0 Å². The van der Waals surface area contributed by atoms with Crippen molar-refractivity contribution in [2.24, 2.45) is 0 Å². The Kier molecular flexibility index (Phi) is 5.03. The second-order valence-corrected chi connectivity index (χ2v) is 4.71. The average molecular weight is 270 g/mol. The molecular weight excluding hydrogens is 252 g/mol. The average Bonchev–Trinajstić information content (AvgIpc) is 2.92. The highest BCUT2D eigenvalue weighted by Crippen LogP contribution is 2.26. The zero-order valence-electron chi connectivity index (χ0n) is 10.0. The van der Waals surface area contributed by atoms with Crippen molar-refractivity contribution >= 4 is 12.6 Å². The van der Waals surface area contributed by atoms with Gasteiger partial charge >= 0.3 is 0 Å². The van der Waals surface area contributed by atoms with Gasteiger partial charge in [-0.25, -0.2) is 0 Å². The molecule has 1 aliphatic heterocycles. The molecule has 1 heterocycles. The van der Waals surface area contributed by atoms with Gasteiger partial charge in [-0.1, -0.05) is 24.3 Å². The van der Waals surface area contributed by atoms with Crippen LogP contribution in [0.3, 0.4) is 0 Å². The number of benzene rings is 1. The molecule has 1 aromatic rings. The third kappa shape index (κ3) is 3.24. The smallest absolute Gasteiger partial charge is 0.184 e. The van der Waals surface area contributed by atoms with Gasteiger partial charge in [0.05, 0.1) is 19.3 Å². The molecule has 2 N–H and O–H groups in total. The van der Waals surface area contributed by atoms with Crippen molar-refractivity contribution in [2.45, 2.75) is 24.9 Å². The number of aliphatic hydroxyl groups is 2. The predicted octanol–water partition coefficient (Wildman–Crippen LogP) is 1.45. The van der Waals surface area contributed by atoms with E-state index in [4.69, 9.17) is 9.47 Å². The second-order valence-electron chi connectivity index (χ2n) is 4.26. The first-order chi connectivity index (χ1) is 8.72. The van der Waals surface area contributed by atoms with Crippen LogP contribution in [0, 0.1) is 0 Å². The van der Waals surface area contributed by atoms with Crippen LogP contribution in [-0.2, 0) is 9.47 Å². The van der Waals surface area contributed by atoms with Crippen molar-refractivity contribution in [3.8, 4) is 0 Å². The monoisotopic (exact) mass is 270 g/mol. The van der Waals surface area contributed by atoms with E-state index in [0.717, 1.165) is 5.56 Å². The van der Waals surface area contributed by atoms with E-state index in [1.165, 1.54) is 0 Å². The lowest BCUT2D eigenvalue weighted by atomic mass is 10.0. The number of aliphatic hydroxyl groups excluding tert-OH is 2. The van der Waals surface area contributed by atoms with Crippen molar-refractivity contribution < 1.29 is 19.7 Å². The zero-order chi connectivity index (χ0) is 13.0. The van der Waals surface area contributed by atoms with Crippen molar-refractivity contribution in [1.29, 1.82) is 0 Å². The van der Waals surface area contributed by atoms with Crippen LogP contribution in [0.5, 0.6) is 0 Å². The standard InChI is InChI=1S/C13H18O4S/c14-11(5-8-18)12(15)9-1-3-10(4-2-9)13-16-6-7-17-13/h1-4,11-15,18H,5-8H2. The van der Waals surface area contributed by atoms with E-state index in [9.17, 15) is 10.2 Å². The van der Waals surface area contributed by atoms with Crippen molar-refractivity contribution in [3.63, 3.8) is 0 Å². The highest BCUT2D eigenvalue weighted by Gasteiger charge is 2.20. The Morgan fingerprint density at radius 2 is 1.78 bits per heavy atom. The third-order valence-electron chi connectivity index (χ3n) is 2.96. The lowest BCUT2D eigenvalue weighted by Crippen LogP contribution is -2.18. The summed E-state index contributed by atoms with van der Waals surface area (Å²) in [4.78, 5) is 0. The number of thiol groups is 1. The van der Waals surface area contributed by atoms with Crippen LogP contribution >= 0.6 is 12.6 Å². The molecule has 1 saturated heterocycles. The summed E-state index contributed by atoms with van der Waals surface area (Å²) in [5.74, 6) is 0.542. The molecule has 2 atom stereocenters. The second kappa shape index (κ2) is 6.54. The first-order valence-electron chi connectivity index (χ1n) is 6.02. The number of ether oxygens (including phenoxy) is 2. The fraction of sp³-hybridized carbons (Fsp3) is 0.538. The normalized spacial score (nSPS) is 19.9. The highest BCUT2D eigenvalue weighted by molar-refractivity contribution is 7.80. The van der Waals surface area contributed by atoms with Crippen LogP contribution in [0.25, 0.3) is 0 Å². The molecule has 5 heteroatoms. The first-order valence-corrected chi connectivity index (χ1v) is 6.65. The maximum atomic E-state index is 9.93. The van der Waals surface area contributed by atoms with Crippen LogP contribution in [0.1, 0.15) is 29.9 Å². The molecule has 0 aromatic heterocycles. The molecule has 0 bridgehead atoms. The minimum Gasteiger partial charge on any atom is -0.390 e. The molecule has 0 radical (unpaired) electrons. The molecule has 100 valence electrons. The summed E-state index contributed by atoms with van der Waals surface area (Å²) < 4.78 is 10.8. The van der Waals surface area contributed by atoms with E-state index >= 15 is 0 Å². The molecule has 0 spiro atoms. The largest absolute Gasteiger partial charge is 0.390 e. The van der Waals surface area contributed by atoms with Gasteiger partial charge < -0.3 is 19.7 Å². The fourth-order valence-electron chi connectivity index (χ4n) is 1.91. The topological polar surface area (TPSA) is 58.9 Å². The zero-order valence-corrected chi connectivity index (χ0v) is 10.9. The molecule has 0 aliphatic carbocycles. The minimum absolute atomic E-state index is 0.307. The summed E-state index contributed by atoms with van der Waals surface area (Å²) in [6, 6.07) is 7.27. The third-order valence-corrected chi connectivity index (χ3v) is 3.22. The van der Waals surface area contributed by atoms with E-state index in [1.54, 1.807) is 12.1 Å². The summed E-state index contributed by atoms with van der Waals surface area (Å²) >= 11 is 4.04. The van der Waals surface area contributed by atoms with Gasteiger partial charge in [0.2, 0.25) is 0 Å². The highest BCUT2D eigenvalue weighted by atomic mass is 32.1. The number of rotatable bonds is 5. The van der Waals surface area contributed by atoms with Crippen molar-refractivity contribution in [2.75, 3.05) is 19.0 Å². The van der Waals surface area contributed by atoms with Gasteiger partial charge in [-0.2, -0.15) is 12.6 Å². The minimum atomic E-state index is -0.878. The quantitative estimate of drug-likeness (QED) is 0.709. The molecule has 18 heavy (non-hydrogen) atoms. The van der Waals surface area contributed by atoms with Crippen molar-refractivity contribution in [3.05, 3.63) is 35.4 Å². The van der Waals surface area contributed by atoms with Crippen LogP contribution in [0.2, 0.25) is 0 Å². The Bertz CT molecular complexity index is 362. The fourth-order valence-corrected chi connectivity index (χ4v) is 2.18. The van der Waals surface area contributed by atoms with Crippen LogP contribution in [0.15, 0.2) is 24.3 Å². The van der Waals surface area contributed by atoms with E-state index in [-0.39, 0.29) is 6.29 Å². The summed E-state index contributed by atoms with van der Waals surface area (Å²) in [6.45, 7) is 1.21. The van der Waals surface area contributed by atoms with Crippen LogP contribution in [-0.4, -0.2) is 35.3 Å². The molecule has 2 unspecified atom stereocenters. The lowest BCUT2D eigenvalue weighted by molar-refractivity contribution is -0.0441. The maximum absolute atomic E-state index is 9.93. The number of hydrogen-bond donors (Lipinski definition) is 3. The van der Waals surface area contributed by atoms with Crippen molar-refractivity contribution in [1.82, 2.24) is 0 Å². The van der Waals surface area contributed by atoms with E-state index < -0.39 is 12.2 Å². The van der Waals surface area contributed by atoms with Gasteiger partial charge in [-0.3, -0.25) is 0 Å². The van der Waals surface area contributed by atoms with Gasteiger partial charge in [0.25, 0.3) is 0 Å². The van der Waals surface area contributed by atoms with Gasteiger partial charge in [0.15, 0.2) is 6.29 Å². The van der Waals surface area contributed by atoms with Crippen LogP contribution in [0.4, 0.5) is 0 Å². The Hall–Kier alpha value is -0.590. The molecule has 1 aromatic carbocycles. The van der Waals surface area contributed by atoms with E-state index in [1.807, 2.05) is 12.1 Å². The SMILES string of the molecule is OC(CCS)C(O)c1ccc(C2OCCO2)cc1. The molecule has 4 nitrogen and oxygen atoms in total. The maximum Gasteiger partial charge on any atom is 0.184 e. The van der Waals surface area contributed by atoms with Crippen LogP contribution < -0.4 is 0 Å². The molecule has 0 amide bonds. The Morgan fingerprint density at radius 1 is 1.17 bits per heavy atom. The van der Waals surface area contributed by atoms with E-state index in [2.05, 4.69) is 12.6 Å². The summed E-state index contributed by atoms with van der Waals surface area (Å²) in [5.41, 5.74) is 1.61. The Morgan fingerprint density at radius 3 is 2.33 bits per heavy atom. The summed E-state index contributed by atoms with van der Waals surface area (Å²) in [5, 5.41) is 19.6. The van der Waals surface area contributed by atoms with Gasteiger partial charge in [0, 0.05) is 5.56 Å². The molecule has 2 rings (SSSR count). The first kappa shape index (κ1) is 13.8. The summed E-state index contributed by atoms with van der Waals surface area (Å²) in [7, 11) is 0. The summed E-state index contributed by atoms with van der Waals surface area (Å²) in [6.07, 6.45) is -1.51. The molecular formula is C13H18O4S. The van der Waals surface area contributed by atoms with Gasteiger partial charge in [-0.05, 0) is 17.7 Å². The Balaban J connectivity index is 2.02. The molecule has 1 fully saturated rings. The molecule has 1 aliphatic rings. The molecule has 0 saturated carbocycles. The van der Waals surface area contributed by atoms with E-state index in [0.29, 0.717) is 31.0 Å². The number of hydrogen-bond acceptors (Lipinski definition) is 5. The van der Waals surface area contributed by atoms with Gasteiger partial charge in [0.1, 0.15) is 6.10 Å². The predicted molar refractivity (Wildman–Crippen MR) is 70.5 cm³/mol. The Labute approximate surface area is 112 Å². The lowest BCUT2D eigenvalue weighted by Gasteiger charge is -2.18.